The van der Waals surface area contributed by atoms with Crippen molar-refractivity contribution in [2.45, 2.75) is 29.9 Å². The minimum Gasteiger partial charge on any atom is -0.497 e. The maximum Gasteiger partial charge on any atom is 0.363 e. The molecule has 1 heterocycles. The maximum atomic E-state index is 14.0. The van der Waals surface area contributed by atoms with Gasteiger partial charge in [-0.1, -0.05) is 30.3 Å². The number of hydrogen-bond acceptors (Lipinski definition) is 9. The number of carbonyl (C=O) groups excluding carboxylic acids is 2. The van der Waals surface area contributed by atoms with Gasteiger partial charge in [-0.2, -0.15) is 8.42 Å². The number of likely N-dealkylation sites (N-methyl/N-ethyl adjacent to an activating group) is 2. The number of benzene rings is 3. The van der Waals surface area contributed by atoms with Gasteiger partial charge in [-0.3, -0.25) is 9.39 Å². The summed E-state index contributed by atoms with van der Waals surface area (Å²) in [4.78, 5) is 33.2. The molecule has 3 unspecified atom stereocenters. The lowest BCUT2D eigenvalue weighted by Crippen LogP contribution is -2.58. The molecule has 0 aliphatic carbocycles. The first-order valence-corrected chi connectivity index (χ1v) is 17.3. The van der Waals surface area contributed by atoms with Crippen molar-refractivity contribution in [2.24, 2.45) is 0 Å². The number of quaternary nitrogens is 2. The van der Waals surface area contributed by atoms with Gasteiger partial charge in [-0.15, -0.1) is 16.4 Å². The summed E-state index contributed by atoms with van der Waals surface area (Å²) >= 11 is 1.72. The summed E-state index contributed by atoms with van der Waals surface area (Å²) in [6, 6.07) is 21.9. The predicted octanol–water partition coefficient (Wildman–Crippen LogP) is 5.08. The zero-order chi connectivity index (χ0) is 34.1. The van der Waals surface area contributed by atoms with Crippen LogP contribution >= 0.6 is 11.8 Å². The van der Waals surface area contributed by atoms with E-state index in [1.54, 1.807) is 33.1 Å². The van der Waals surface area contributed by atoms with E-state index in [2.05, 4.69) is 6.07 Å². The molecule has 0 aromatic heterocycles. The monoisotopic (exact) mass is 676 g/mol. The first-order chi connectivity index (χ1) is 21.6. The molecule has 4 rings (SSSR count). The average Bonchev–Trinajstić information content (AvgIpc) is 3.12. The molecule has 3 aromatic carbocycles. The van der Waals surface area contributed by atoms with Crippen molar-refractivity contribution in [1.29, 1.82) is 0 Å². The van der Waals surface area contributed by atoms with Gasteiger partial charge in [0.2, 0.25) is 0 Å². The van der Waals surface area contributed by atoms with E-state index < -0.39 is 10.1 Å². The lowest BCUT2D eigenvalue weighted by atomic mass is 10.1. The number of fused-ring (bicyclic) bond motifs is 1. The Bertz CT molecular complexity index is 1610. The lowest BCUT2D eigenvalue weighted by molar-refractivity contribution is -1.07. The molecule has 0 radical (unpaired) electrons. The number of hydroxylamine groups is 3. The quantitative estimate of drug-likeness (QED) is 0.167. The number of amides is 1. The number of methoxy groups -OCH3 is 3. The van der Waals surface area contributed by atoms with Crippen LogP contribution in [0.3, 0.4) is 0 Å². The van der Waals surface area contributed by atoms with Gasteiger partial charge in [0, 0.05) is 24.7 Å². The smallest absolute Gasteiger partial charge is 0.363 e. The van der Waals surface area contributed by atoms with Crippen molar-refractivity contribution in [3.63, 3.8) is 0 Å². The fourth-order valence-corrected chi connectivity index (χ4v) is 6.60. The molecule has 1 N–H and O–H groups in total. The number of carbonyl (C=O) groups is 2. The molecule has 250 valence electrons. The summed E-state index contributed by atoms with van der Waals surface area (Å²) in [7, 11) is 5.07. The number of hydrogen-bond donors (Lipinski definition) is 1. The number of rotatable bonds is 11. The number of ether oxygens (including phenoxy) is 3. The molecule has 3 aromatic rings. The van der Waals surface area contributed by atoms with Crippen LogP contribution in [0.1, 0.15) is 29.7 Å². The van der Waals surface area contributed by atoms with Crippen molar-refractivity contribution in [3.05, 3.63) is 77.9 Å². The van der Waals surface area contributed by atoms with Crippen LogP contribution in [0.15, 0.2) is 71.6 Å². The van der Waals surface area contributed by atoms with Crippen LogP contribution in [-0.4, -0.2) is 90.8 Å². The summed E-state index contributed by atoms with van der Waals surface area (Å²) in [5, 5.41) is -0.0195. The summed E-state index contributed by atoms with van der Waals surface area (Å²) < 4.78 is 42.2. The molecule has 1 aliphatic heterocycles. The Kier molecular flexibility index (Phi) is 12.6. The normalized spacial score (nSPS) is 19.0. The molecule has 0 spiro atoms. The van der Waals surface area contributed by atoms with E-state index in [9.17, 15) is 18.0 Å². The molecule has 1 amide bonds. The lowest BCUT2D eigenvalue weighted by Gasteiger charge is -2.36. The Morgan fingerprint density at radius 1 is 0.978 bits per heavy atom. The van der Waals surface area contributed by atoms with E-state index in [1.165, 1.54) is 6.92 Å². The van der Waals surface area contributed by atoms with Gasteiger partial charge in [0.25, 0.3) is 10.1 Å². The fraction of sp³-hybridized carbons (Fsp3) is 0.394. The van der Waals surface area contributed by atoms with Crippen molar-refractivity contribution in [1.82, 2.24) is 4.48 Å². The third kappa shape index (κ3) is 10.2. The molecule has 3 atom stereocenters. The summed E-state index contributed by atoms with van der Waals surface area (Å²) in [5.74, 6) is 1.86. The second-order valence-corrected chi connectivity index (χ2v) is 14.1. The van der Waals surface area contributed by atoms with E-state index in [1.807, 2.05) is 74.8 Å². The molecule has 1 aliphatic rings. The number of nitrogens with zero attached hydrogens (tertiary/aromatic N) is 2. The second kappa shape index (κ2) is 15.8. The van der Waals surface area contributed by atoms with Crippen LogP contribution in [0, 0.1) is 0 Å². The van der Waals surface area contributed by atoms with Gasteiger partial charge < -0.3 is 14.2 Å². The topological polar surface area (TPSA) is 125 Å². The Labute approximate surface area is 275 Å². The molecule has 0 fully saturated rings. The highest BCUT2D eigenvalue weighted by molar-refractivity contribution is 7.99. The van der Waals surface area contributed by atoms with Crippen molar-refractivity contribution < 1.29 is 46.3 Å². The third-order valence-electron chi connectivity index (χ3n) is 7.75. The minimum atomic E-state index is -3.67. The molecule has 0 bridgehead atoms. The average molecular weight is 677 g/mol. The Morgan fingerprint density at radius 2 is 1.61 bits per heavy atom. The molecular formula is C33H44N2O9S2+2. The highest BCUT2D eigenvalue weighted by Gasteiger charge is 2.44. The SMILES string of the molecule is COc1ccc(C2CC(=O)[N+](C)(CC[N+](C)(CCc3ccc(OC)c(OC)c3)OC(C)=O)c3ccccc3S2)cc1.CS(=O)(=O)O. The molecule has 11 nitrogen and oxygen atoms in total. The zero-order valence-corrected chi connectivity index (χ0v) is 29.0. The zero-order valence-electron chi connectivity index (χ0n) is 27.4. The van der Waals surface area contributed by atoms with Gasteiger partial charge in [0.1, 0.15) is 25.9 Å². The van der Waals surface area contributed by atoms with E-state index in [0.717, 1.165) is 27.5 Å². The molecule has 0 saturated carbocycles. The van der Waals surface area contributed by atoms with Gasteiger partial charge in [-0.05, 0) is 41.5 Å². The Hall–Kier alpha value is -3.62. The maximum absolute atomic E-state index is 14.0. The fourth-order valence-electron chi connectivity index (χ4n) is 5.23. The van der Waals surface area contributed by atoms with Gasteiger partial charge in [0.15, 0.2) is 23.7 Å². The standard InChI is InChI=1S/C32H40N2O6S.CH4O3S/c1-23(35)40-33(2,18-17-24-11-16-28(38-5)29(21-24)39-6)19-20-34(3)27-9-7-8-10-30(27)41-31(22-32(34)36)25-12-14-26(37-4)15-13-25;1-5(2,3)4/h7-16,21,31H,17-20,22H2,1-6H3;1H3,(H,2,3,4)/q+2;. The number of para-hydroxylation sites is 1. The van der Waals surface area contributed by atoms with Crippen LogP contribution in [-0.2, 0) is 31.0 Å². The first kappa shape index (κ1) is 36.8. The van der Waals surface area contributed by atoms with Crippen LogP contribution in [0.4, 0.5) is 5.69 Å². The molecule has 46 heavy (non-hydrogen) atoms. The van der Waals surface area contributed by atoms with Crippen molar-refractivity contribution >= 4 is 39.4 Å². The second-order valence-electron chi connectivity index (χ2n) is 11.4. The predicted molar refractivity (Wildman–Crippen MR) is 179 cm³/mol. The van der Waals surface area contributed by atoms with Crippen LogP contribution in [0.2, 0.25) is 0 Å². The summed E-state index contributed by atoms with van der Waals surface area (Å²) in [6.45, 7) is 2.89. The van der Waals surface area contributed by atoms with Crippen molar-refractivity contribution in [3.8, 4) is 17.2 Å². The Morgan fingerprint density at radius 3 is 2.20 bits per heavy atom. The largest absolute Gasteiger partial charge is 0.497 e. The first-order valence-electron chi connectivity index (χ1n) is 14.6. The molecule has 13 heteroatoms. The molecular weight excluding hydrogens is 633 g/mol. The number of thioether (sulfide) groups is 1. The highest BCUT2D eigenvalue weighted by Crippen LogP contribution is 2.47. The van der Waals surface area contributed by atoms with Crippen LogP contribution < -0.4 is 18.7 Å². The van der Waals surface area contributed by atoms with Gasteiger partial charge in [0.05, 0.1) is 45.9 Å². The van der Waals surface area contributed by atoms with E-state index in [4.69, 9.17) is 23.6 Å². The highest BCUT2D eigenvalue weighted by atomic mass is 32.2. The Balaban J connectivity index is 0.00000107. The minimum absolute atomic E-state index is 0.0195. The van der Waals surface area contributed by atoms with Crippen molar-refractivity contribution in [2.75, 3.05) is 61.3 Å². The van der Waals surface area contributed by atoms with Crippen LogP contribution in [0.25, 0.3) is 0 Å². The third-order valence-corrected chi connectivity index (χ3v) is 9.08. The van der Waals surface area contributed by atoms with E-state index in [0.29, 0.717) is 50.2 Å². The molecule has 0 saturated heterocycles. The van der Waals surface area contributed by atoms with Gasteiger partial charge in [-0.25, -0.2) is 14.1 Å². The van der Waals surface area contributed by atoms with Gasteiger partial charge >= 0.3 is 11.9 Å². The van der Waals surface area contributed by atoms with E-state index >= 15 is 0 Å². The van der Waals surface area contributed by atoms with Crippen LogP contribution in [0.5, 0.6) is 17.2 Å². The summed E-state index contributed by atoms with van der Waals surface area (Å²) in [5.41, 5.74) is 3.09. The summed E-state index contributed by atoms with van der Waals surface area (Å²) in [6.07, 6.45) is 1.74. The van der Waals surface area contributed by atoms with E-state index in [-0.39, 0.29) is 26.3 Å².